The molecule has 1 aromatic rings. The Kier molecular flexibility index (Phi) is 4.03. The van der Waals surface area contributed by atoms with Crippen molar-refractivity contribution in [2.24, 2.45) is 11.8 Å². The highest BCUT2D eigenvalue weighted by Crippen LogP contribution is 2.34. The number of hydrogen-bond acceptors (Lipinski definition) is 3. The van der Waals surface area contributed by atoms with Crippen LogP contribution in [0.15, 0.2) is 30.4 Å². The summed E-state index contributed by atoms with van der Waals surface area (Å²) in [5.41, 5.74) is 2.78. The minimum absolute atomic E-state index is 0.211. The van der Waals surface area contributed by atoms with Crippen LogP contribution in [0.25, 0.3) is 0 Å². The molecule has 1 N–H and O–H groups in total. The molecule has 23 heavy (non-hydrogen) atoms. The number of likely N-dealkylation sites (tertiary alicyclic amines) is 1. The van der Waals surface area contributed by atoms with Gasteiger partial charge in [-0.1, -0.05) is 18.2 Å². The van der Waals surface area contributed by atoms with Crippen LogP contribution in [0.5, 0.6) is 0 Å². The van der Waals surface area contributed by atoms with Crippen LogP contribution < -0.4 is 5.32 Å². The van der Waals surface area contributed by atoms with Crippen molar-refractivity contribution in [1.82, 2.24) is 4.90 Å². The molecule has 0 radical (unpaired) electrons. The lowest BCUT2D eigenvalue weighted by molar-refractivity contribution is -0.142. The third-order valence-corrected chi connectivity index (χ3v) is 4.41. The average molecular weight is 312 g/mol. The summed E-state index contributed by atoms with van der Waals surface area (Å²) in [5, 5.41) is 2.77. The van der Waals surface area contributed by atoms with Crippen LogP contribution in [0, 0.1) is 25.7 Å². The van der Waals surface area contributed by atoms with Crippen LogP contribution in [-0.4, -0.2) is 29.2 Å². The van der Waals surface area contributed by atoms with E-state index >= 15 is 0 Å². The average Bonchev–Trinajstić information content (AvgIpc) is 2.72. The van der Waals surface area contributed by atoms with Crippen LogP contribution in [0.2, 0.25) is 0 Å². The Hall–Kier alpha value is -2.43. The number of anilines is 1. The molecule has 0 bridgehead atoms. The molecular weight excluding hydrogens is 292 g/mol. The molecule has 3 amide bonds. The highest BCUT2D eigenvalue weighted by atomic mass is 16.2. The normalized spacial score (nSPS) is 23.1. The zero-order valence-corrected chi connectivity index (χ0v) is 13.3. The van der Waals surface area contributed by atoms with Crippen LogP contribution in [0.3, 0.4) is 0 Å². The molecule has 1 fully saturated rings. The second-order valence-electron chi connectivity index (χ2n) is 6.34. The second kappa shape index (κ2) is 5.99. The molecule has 0 unspecified atom stereocenters. The van der Waals surface area contributed by atoms with Crippen LogP contribution in [0.1, 0.15) is 24.0 Å². The quantitative estimate of drug-likeness (QED) is 0.687. The molecule has 1 aliphatic heterocycles. The van der Waals surface area contributed by atoms with Gasteiger partial charge in [-0.2, -0.15) is 0 Å². The van der Waals surface area contributed by atoms with E-state index < -0.39 is 0 Å². The van der Waals surface area contributed by atoms with E-state index in [-0.39, 0.29) is 36.1 Å². The smallest absolute Gasteiger partial charge is 0.244 e. The number of benzene rings is 1. The van der Waals surface area contributed by atoms with E-state index in [1.54, 1.807) is 0 Å². The van der Waals surface area contributed by atoms with Gasteiger partial charge < -0.3 is 5.32 Å². The summed E-state index contributed by atoms with van der Waals surface area (Å²) in [6.45, 7) is 3.69. The third-order valence-electron chi connectivity index (χ3n) is 4.41. The van der Waals surface area contributed by atoms with E-state index in [0.717, 1.165) is 16.0 Å². The van der Waals surface area contributed by atoms with Crippen molar-refractivity contribution in [1.29, 1.82) is 0 Å². The fourth-order valence-electron chi connectivity index (χ4n) is 3.42. The fraction of sp³-hybridized carbons (Fsp3) is 0.389. The number of allylic oxidation sites excluding steroid dienone is 2. The fourth-order valence-corrected chi connectivity index (χ4v) is 3.42. The van der Waals surface area contributed by atoms with E-state index in [9.17, 15) is 14.4 Å². The van der Waals surface area contributed by atoms with Crippen LogP contribution in [0.4, 0.5) is 5.69 Å². The van der Waals surface area contributed by atoms with E-state index in [1.807, 2.05) is 44.2 Å². The monoisotopic (exact) mass is 312 g/mol. The Morgan fingerprint density at radius 2 is 1.57 bits per heavy atom. The Bertz CT molecular complexity index is 662. The maximum absolute atomic E-state index is 12.3. The number of carbonyl (C=O) groups excluding carboxylic acids is 3. The molecule has 2 atom stereocenters. The summed E-state index contributed by atoms with van der Waals surface area (Å²) >= 11 is 0. The van der Waals surface area contributed by atoms with E-state index in [1.165, 1.54) is 0 Å². The number of nitrogens with one attached hydrogen (secondary N) is 1. The summed E-state index contributed by atoms with van der Waals surface area (Å²) in [5.74, 6) is -1.37. The van der Waals surface area contributed by atoms with Crippen molar-refractivity contribution < 1.29 is 14.4 Å². The number of carbonyl (C=O) groups is 3. The van der Waals surface area contributed by atoms with Gasteiger partial charge >= 0.3 is 0 Å². The second-order valence-corrected chi connectivity index (χ2v) is 6.34. The molecule has 3 rings (SSSR count). The SMILES string of the molecule is Cc1cc(C)cc(NC(=O)CN2C(=O)[C@H]3CC=CC[C@H]3C2=O)c1. The summed E-state index contributed by atoms with van der Waals surface area (Å²) in [7, 11) is 0. The third kappa shape index (κ3) is 3.04. The van der Waals surface area contributed by atoms with Crippen molar-refractivity contribution in [3.8, 4) is 0 Å². The highest BCUT2D eigenvalue weighted by Gasteiger charge is 2.47. The van der Waals surface area contributed by atoms with Gasteiger partial charge in [0.1, 0.15) is 6.54 Å². The lowest BCUT2D eigenvalue weighted by atomic mass is 9.85. The van der Waals surface area contributed by atoms with Crippen molar-refractivity contribution in [3.05, 3.63) is 41.5 Å². The van der Waals surface area contributed by atoms with Gasteiger partial charge in [-0.3, -0.25) is 19.3 Å². The standard InChI is InChI=1S/C18H20N2O3/c1-11-7-12(2)9-13(8-11)19-16(21)10-20-17(22)14-5-3-4-6-15(14)18(20)23/h3-4,7-9,14-15H,5-6,10H2,1-2H3,(H,19,21)/t14-,15+. The maximum atomic E-state index is 12.3. The first kappa shape index (κ1) is 15.5. The maximum Gasteiger partial charge on any atom is 0.244 e. The van der Waals surface area contributed by atoms with Crippen molar-refractivity contribution >= 4 is 23.4 Å². The van der Waals surface area contributed by atoms with Gasteiger partial charge in [-0.05, 0) is 49.9 Å². The number of aryl methyl sites for hydroxylation is 2. The van der Waals surface area contributed by atoms with Gasteiger partial charge in [-0.25, -0.2) is 0 Å². The zero-order chi connectivity index (χ0) is 16.6. The van der Waals surface area contributed by atoms with Gasteiger partial charge in [-0.15, -0.1) is 0 Å². The minimum atomic E-state index is -0.344. The minimum Gasteiger partial charge on any atom is -0.325 e. The van der Waals surface area contributed by atoms with Crippen LogP contribution in [-0.2, 0) is 14.4 Å². The van der Waals surface area contributed by atoms with Crippen molar-refractivity contribution in [2.75, 3.05) is 11.9 Å². The summed E-state index contributed by atoms with van der Waals surface area (Å²) in [6.07, 6.45) is 5.05. The van der Waals surface area contributed by atoms with E-state index in [2.05, 4.69) is 5.32 Å². The number of imide groups is 1. The Labute approximate surface area is 135 Å². The summed E-state index contributed by atoms with van der Waals surface area (Å²) < 4.78 is 0. The number of amides is 3. The first-order chi connectivity index (χ1) is 11.0. The van der Waals surface area contributed by atoms with Crippen molar-refractivity contribution in [3.63, 3.8) is 0 Å². The molecule has 5 heteroatoms. The number of hydrogen-bond donors (Lipinski definition) is 1. The van der Waals surface area contributed by atoms with E-state index in [4.69, 9.17) is 0 Å². The Balaban J connectivity index is 1.68. The molecule has 1 heterocycles. The first-order valence-electron chi connectivity index (χ1n) is 7.84. The number of fused-ring (bicyclic) bond motifs is 1. The largest absolute Gasteiger partial charge is 0.325 e. The molecule has 2 aliphatic rings. The van der Waals surface area contributed by atoms with Crippen molar-refractivity contribution in [2.45, 2.75) is 26.7 Å². The number of nitrogens with zero attached hydrogens (tertiary/aromatic N) is 1. The van der Waals surface area contributed by atoms with Gasteiger partial charge in [0.2, 0.25) is 17.7 Å². The van der Waals surface area contributed by atoms with Gasteiger partial charge in [0.05, 0.1) is 11.8 Å². The molecule has 1 aliphatic carbocycles. The first-order valence-corrected chi connectivity index (χ1v) is 7.84. The Morgan fingerprint density at radius 3 is 2.09 bits per heavy atom. The summed E-state index contributed by atoms with van der Waals surface area (Å²) in [4.78, 5) is 38.0. The molecule has 1 saturated heterocycles. The molecule has 1 aromatic carbocycles. The van der Waals surface area contributed by atoms with Gasteiger partial charge in [0.15, 0.2) is 0 Å². The Morgan fingerprint density at radius 1 is 1.04 bits per heavy atom. The lowest BCUT2D eigenvalue weighted by Gasteiger charge is -2.15. The molecule has 120 valence electrons. The highest BCUT2D eigenvalue weighted by molar-refractivity contribution is 6.08. The lowest BCUT2D eigenvalue weighted by Crippen LogP contribution is -2.38. The number of rotatable bonds is 3. The zero-order valence-electron chi connectivity index (χ0n) is 13.3. The van der Waals surface area contributed by atoms with E-state index in [0.29, 0.717) is 18.5 Å². The van der Waals surface area contributed by atoms with Crippen LogP contribution >= 0.6 is 0 Å². The molecule has 0 spiro atoms. The molecule has 0 aromatic heterocycles. The molecule has 0 saturated carbocycles. The predicted octanol–water partition coefficient (Wildman–Crippen LogP) is 2.19. The predicted molar refractivity (Wildman–Crippen MR) is 86.6 cm³/mol. The van der Waals surface area contributed by atoms with Gasteiger partial charge in [0.25, 0.3) is 0 Å². The van der Waals surface area contributed by atoms with Gasteiger partial charge in [0, 0.05) is 5.69 Å². The molecule has 5 nitrogen and oxygen atoms in total. The summed E-state index contributed by atoms with van der Waals surface area (Å²) in [6, 6.07) is 5.74. The topological polar surface area (TPSA) is 66.5 Å². The molecular formula is C18H20N2O3.